The zero-order chi connectivity index (χ0) is 16.4. The third kappa shape index (κ3) is 3.92. The lowest BCUT2D eigenvalue weighted by Crippen LogP contribution is -1.97. The van der Waals surface area contributed by atoms with Crippen molar-refractivity contribution < 1.29 is 4.42 Å². The molecule has 0 aliphatic carbocycles. The first-order valence-electron chi connectivity index (χ1n) is 7.07. The van der Waals surface area contributed by atoms with E-state index >= 15 is 0 Å². The standard InChI is InChI=1S/C18H14BrCl2NO/c1-11-8-12(2-5-15(11)19)18-7-4-14(23-18)10-22-13-3-6-16(20)17(21)9-13/h2-9,22H,10H2,1H3. The Hall–Kier alpha value is -1.42. The van der Waals surface area contributed by atoms with Gasteiger partial charge in [-0.3, -0.25) is 0 Å². The second-order valence-corrected chi connectivity index (χ2v) is 6.88. The number of rotatable bonds is 4. The summed E-state index contributed by atoms with van der Waals surface area (Å²) in [5.74, 6) is 1.71. The van der Waals surface area contributed by atoms with Gasteiger partial charge in [0.05, 0.1) is 16.6 Å². The van der Waals surface area contributed by atoms with Gasteiger partial charge >= 0.3 is 0 Å². The second kappa shape index (κ2) is 7.00. The van der Waals surface area contributed by atoms with Crippen molar-refractivity contribution in [3.8, 4) is 11.3 Å². The van der Waals surface area contributed by atoms with E-state index in [9.17, 15) is 0 Å². The number of hydrogen-bond donors (Lipinski definition) is 1. The summed E-state index contributed by atoms with van der Waals surface area (Å²) in [6.45, 7) is 2.64. The van der Waals surface area contributed by atoms with E-state index in [-0.39, 0.29) is 0 Å². The molecule has 1 heterocycles. The highest BCUT2D eigenvalue weighted by Crippen LogP contribution is 2.28. The minimum Gasteiger partial charge on any atom is -0.459 e. The van der Waals surface area contributed by atoms with Crippen molar-refractivity contribution >= 4 is 44.8 Å². The number of aryl methyl sites for hydroxylation is 1. The Balaban J connectivity index is 1.71. The van der Waals surface area contributed by atoms with Crippen LogP contribution in [0.4, 0.5) is 5.69 Å². The molecule has 3 rings (SSSR count). The first kappa shape index (κ1) is 16.4. The van der Waals surface area contributed by atoms with Crippen LogP contribution in [0.1, 0.15) is 11.3 Å². The fraction of sp³-hybridized carbons (Fsp3) is 0.111. The molecule has 0 fully saturated rings. The van der Waals surface area contributed by atoms with E-state index < -0.39 is 0 Å². The molecule has 1 aromatic heterocycles. The maximum Gasteiger partial charge on any atom is 0.134 e. The van der Waals surface area contributed by atoms with Gasteiger partial charge in [0.2, 0.25) is 0 Å². The van der Waals surface area contributed by atoms with Gasteiger partial charge in [-0.2, -0.15) is 0 Å². The van der Waals surface area contributed by atoms with Crippen molar-refractivity contribution in [1.29, 1.82) is 0 Å². The molecular weight excluding hydrogens is 397 g/mol. The predicted molar refractivity (Wildman–Crippen MR) is 100 cm³/mol. The molecule has 0 saturated heterocycles. The molecule has 118 valence electrons. The zero-order valence-corrected chi connectivity index (χ0v) is 15.5. The predicted octanol–water partition coefficient (Wildman–Crippen LogP) is 6.94. The minimum atomic E-state index is 0.530. The largest absolute Gasteiger partial charge is 0.459 e. The van der Waals surface area contributed by atoms with E-state index in [2.05, 4.69) is 34.2 Å². The van der Waals surface area contributed by atoms with Crippen LogP contribution in [0.25, 0.3) is 11.3 Å². The van der Waals surface area contributed by atoms with E-state index in [4.69, 9.17) is 27.6 Å². The van der Waals surface area contributed by atoms with Crippen LogP contribution in [-0.2, 0) is 6.54 Å². The highest BCUT2D eigenvalue weighted by molar-refractivity contribution is 9.10. The van der Waals surface area contributed by atoms with Crippen LogP contribution >= 0.6 is 39.1 Å². The van der Waals surface area contributed by atoms with Crippen molar-refractivity contribution in [3.63, 3.8) is 0 Å². The third-order valence-corrected chi connectivity index (χ3v) is 5.12. The molecule has 0 aliphatic heterocycles. The minimum absolute atomic E-state index is 0.530. The molecular formula is C18H14BrCl2NO. The summed E-state index contributed by atoms with van der Waals surface area (Å²) in [4.78, 5) is 0. The van der Waals surface area contributed by atoms with Crippen molar-refractivity contribution in [2.24, 2.45) is 0 Å². The summed E-state index contributed by atoms with van der Waals surface area (Å²) < 4.78 is 7.00. The fourth-order valence-electron chi connectivity index (χ4n) is 2.22. The van der Waals surface area contributed by atoms with E-state index in [0.29, 0.717) is 16.6 Å². The molecule has 0 unspecified atom stereocenters. The molecule has 0 aliphatic rings. The Labute approximate surface area is 153 Å². The Morgan fingerprint density at radius 3 is 2.57 bits per heavy atom. The van der Waals surface area contributed by atoms with Gasteiger partial charge in [0.15, 0.2) is 0 Å². The molecule has 0 radical (unpaired) electrons. The maximum atomic E-state index is 6.01. The molecule has 1 N–H and O–H groups in total. The monoisotopic (exact) mass is 409 g/mol. The van der Waals surface area contributed by atoms with E-state index in [1.165, 1.54) is 5.56 Å². The molecule has 0 amide bonds. The van der Waals surface area contributed by atoms with E-state index in [1.54, 1.807) is 12.1 Å². The Bertz CT molecular complexity index is 845. The van der Waals surface area contributed by atoms with Crippen LogP contribution in [0.5, 0.6) is 0 Å². The third-order valence-electron chi connectivity index (χ3n) is 3.49. The van der Waals surface area contributed by atoms with Gasteiger partial charge in [0.25, 0.3) is 0 Å². The molecule has 0 atom stereocenters. The number of halogens is 3. The van der Waals surface area contributed by atoms with Crippen LogP contribution in [0.2, 0.25) is 10.0 Å². The number of furan rings is 1. The SMILES string of the molecule is Cc1cc(-c2ccc(CNc3ccc(Cl)c(Cl)c3)o2)ccc1Br. The summed E-state index contributed by atoms with van der Waals surface area (Å²) in [5, 5.41) is 4.34. The second-order valence-electron chi connectivity index (χ2n) is 5.21. The van der Waals surface area contributed by atoms with Crippen LogP contribution < -0.4 is 5.32 Å². The fourth-order valence-corrected chi connectivity index (χ4v) is 2.77. The molecule has 0 saturated carbocycles. The van der Waals surface area contributed by atoms with Crippen molar-refractivity contribution in [2.75, 3.05) is 5.32 Å². The number of nitrogens with one attached hydrogen (secondary N) is 1. The topological polar surface area (TPSA) is 25.2 Å². The Kier molecular flexibility index (Phi) is 5.00. The number of benzene rings is 2. The van der Waals surface area contributed by atoms with Gasteiger partial charge in [0, 0.05) is 15.7 Å². The van der Waals surface area contributed by atoms with Crippen molar-refractivity contribution in [2.45, 2.75) is 13.5 Å². The van der Waals surface area contributed by atoms with Crippen molar-refractivity contribution in [1.82, 2.24) is 0 Å². The number of anilines is 1. The average molecular weight is 411 g/mol. The normalized spacial score (nSPS) is 10.8. The molecule has 0 bridgehead atoms. The average Bonchev–Trinajstić information content (AvgIpc) is 3.00. The lowest BCUT2D eigenvalue weighted by molar-refractivity contribution is 0.531. The first-order valence-corrected chi connectivity index (χ1v) is 8.62. The molecule has 2 nitrogen and oxygen atoms in total. The van der Waals surface area contributed by atoms with E-state index in [0.717, 1.165) is 27.2 Å². The van der Waals surface area contributed by atoms with Crippen LogP contribution in [-0.4, -0.2) is 0 Å². The quantitative estimate of drug-likeness (QED) is 0.503. The highest BCUT2D eigenvalue weighted by atomic mass is 79.9. The van der Waals surface area contributed by atoms with Crippen molar-refractivity contribution in [3.05, 3.63) is 74.4 Å². The summed E-state index contributed by atoms with van der Waals surface area (Å²) in [5.41, 5.74) is 3.14. The zero-order valence-electron chi connectivity index (χ0n) is 12.4. The lowest BCUT2D eigenvalue weighted by atomic mass is 10.1. The smallest absolute Gasteiger partial charge is 0.134 e. The summed E-state index contributed by atoms with van der Waals surface area (Å²) in [6, 6.07) is 15.6. The molecule has 2 aromatic carbocycles. The highest BCUT2D eigenvalue weighted by Gasteiger charge is 2.07. The molecule has 5 heteroatoms. The van der Waals surface area contributed by atoms with Gasteiger partial charge in [0.1, 0.15) is 11.5 Å². The van der Waals surface area contributed by atoms with Gasteiger partial charge in [-0.05, 0) is 55.0 Å². The summed E-state index contributed by atoms with van der Waals surface area (Å²) in [6.07, 6.45) is 0. The van der Waals surface area contributed by atoms with Crippen LogP contribution in [0, 0.1) is 6.92 Å². The maximum absolute atomic E-state index is 6.01. The summed E-state index contributed by atoms with van der Waals surface area (Å²) >= 11 is 15.4. The molecule has 23 heavy (non-hydrogen) atoms. The first-order chi connectivity index (χ1) is 11.0. The Morgan fingerprint density at radius 1 is 1.00 bits per heavy atom. The van der Waals surface area contributed by atoms with Crippen LogP contribution in [0.15, 0.2) is 57.4 Å². The van der Waals surface area contributed by atoms with Gasteiger partial charge in [-0.25, -0.2) is 0 Å². The van der Waals surface area contributed by atoms with Gasteiger partial charge in [-0.15, -0.1) is 0 Å². The number of hydrogen-bond acceptors (Lipinski definition) is 2. The molecule has 0 spiro atoms. The molecule has 3 aromatic rings. The Morgan fingerprint density at radius 2 is 1.83 bits per heavy atom. The van der Waals surface area contributed by atoms with E-state index in [1.807, 2.05) is 30.3 Å². The lowest BCUT2D eigenvalue weighted by Gasteiger charge is -2.06. The summed E-state index contributed by atoms with van der Waals surface area (Å²) in [7, 11) is 0. The van der Waals surface area contributed by atoms with Gasteiger partial charge in [-0.1, -0.05) is 45.2 Å². The van der Waals surface area contributed by atoms with Crippen LogP contribution in [0.3, 0.4) is 0 Å². The van der Waals surface area contributed by atoms with Gasteiger partial charge < -0.3 is 9.73 Å².